The van der Waals surface area contributed by atoms with Gasteiger partial charge in [0.05, 0.1) is 13.2 Å². The molecule has 10 heteroatoms. The topological polar surface area (TPSA) is 152 Å². The number of rotatable bonds is 41. The van der Waals surface area contributed by atoms with Crippen LogP contribution < -0.4 is 0 Å². The van der Waals surface area contributed by atoms with Crippen molar-refractivity contribution >= 4 is 11.9 Å². The number of esters is 2. The lowest BCUT2D eigenvalue weighted by molar-refractivity contribution is -0.305. The first-order valence-corrected chi connectivity index (χ1v) is 24.1. The van der Waals surface area contributed by atoms with Gasteiger partial charge in [0.15, 0.2) is 12.4 Å². The highest BCUT2D eigenvalue weighted by Crippen LogP contribution is 2.23. The number of aliphatic hydroxyl groups excluding tert-OH is 4. The Hall–Kier alpha value is -1.30. The van der Waals surface area contributed by atoms with E-state index in [1.165, 1.54) is 161 Å². The van der Waals surface area contributed by atoms with E-state index in [4.69, 9.17) is 18.9 Å². The Labute approximate surface area is 348 Å². The number of ether oxygens (including phenoxy) is 4. The molecule has 0 aromatic heterocycles. The van der Waals surface area contributed by atoms with E-state index in [0.717, 1.165) is 38.5 Å². The third-order valence-corrected chi connectivity index (χ3v) is 11.5. The van der Waals surface area contributed by atoms with E-state index in [-0.39, 0.29) is 32.0 Å². The summed E-state index contributed by atoms with van der Waals surface area (Å²) in [4.78, 5) is 25.4. The molecular formula is C47H90O10. The Bertz CT molecular complexity index is 901. The van der Waals surface area contributed by atoms with Gasteiger partial charge >= 0.3 is 11.9 Å². The standard InChI is InChI=1S/C47H90O10/c1-3-5-7-9-11-13-15-17-19-20-22-24-26-28-30-32-34-36-43(50)56-40(39-55-47-46(53)45(52)44(51)41(37-48)57-47)38-54-42(49)35-33-31-29-27-25-23-21-18-16-14-12-10-8-6-4-2/h40-41,44-48,51-53H,3-39H2,1-2H3. The van der Waals surface area contributed by atoms with Gasteiger partial charge in [0.1, 0.15) is 31.0 Å². The molecule has 0 saturated carbocycles. The number of carbonyl (C=O) groups excluding carboxylic acids is 2. The Balaban J connectivity index is 2.28. The SMILES string of the molecule is CCCCCCCCCCCCCCCCCCCC(=O)OC(COC(=O)CCCCCCCCCCCCCCCCC)COC1OC(CO)C(O)C(O)C1O. The van der Waals surface area contributed by atoms with Gasteiger partial charge in [0.25, 0.3) is 0 Å². The largest absolute Gasteiger partial charge is 0.462 e. The maximum atomic E-state index is 12.8. The molecule has 4 N–H and O–H groups in total. The molecule has 10 nitrogen and oxygen atoms in total. The fourth-order valence-electron chi connectivity index (χ4n) is 7.66. The highest BCUT2D eigenvalue weighted by atomic mass is 16.7. The fourth-order valence-corrected chi connectivity index (χ4v) is 7.66. The van der Waals surface area contributed by atoms with E-state index in [9.17, 15) is 30.0 Å². The molecule has 1 heterocycles. The average molecular weight is 815 g/mol. The van der Waals surface area contributed by atoms with Crippen LogP contribution in [0.4, 0.5) is 0 Å². The van der Waals surface area contributed by atoms with Crippen molar-refractivity contribution in [3.8, 4) is 0 Å². The van der Waals surface area contributed by atoms with Crippen LogP contribution in [0.5, 0.6) is 0 Å². The van der Waals surface area contributed by atoms with E-state index in [1.54, 1.807) is 0 Å². The lowest BCUT2D eigenvalue weighted by atomic mass is 9.99. The summed E-state index contributed by atoms with van der Waals surface area (Å²) in [5.74, 6) is -0.788. The maximum Gasteiger partial charge on any atom is 0.306 e. The first kappa shape index (κ1) is 53.7. The first-order valence-electron chi connectivity index (χ1n) is 24.1. The van der Waals surface area contributed by atoms with Crippen molar-refractivity contribution in [2.75, 3.05) is 19.8 Å². The molecule has 6 atom stereocenters. The molecule has 0 aromatic carbocycles. The van der Waals surface area contributed by atoms with Crippen LogP contribution in [-0.2, 0) is 28.5 Å². The van der Waals surface area contributed by atoms with Crippen molar-refractivity contribution in [2.24, 2.45) is 0 Å². The molecule has 0 bridgehead atoms. The number of unbranched alkanes of at least 4 members (excludes halogenated alkanes) is 30. The summed E-state index contributed by atoms with van der Waals surface area (Å²) in [7, 11) is 0. The van der Waals surface area contributed by atoms with Gasteiger partial charge in [-0.25, -0.2) is 0 Å². The third kappa shape index (κ3) is 30.4. The molecule has 338 valence electrons. The molecule has 57 heavy (non-hydrogen) atoms. The van der Waals surface area contributed by atoms with Crippen LogP contribution in [0.15, 0.2) is 0 Å². The molecular weight excluding hydrogens is 725 g/mol. The summed E-state index contributed by atoms with van der Waals surface area (Å²) in [6.07, 6.45) is 32.5. The third-order valence-electron chi connectivity index (χ3n) is 11.5. The van der Waals surface area contributed by atoms with Gasteiger partial charge in [0, 0.05) is 12.8 Å². The minimum atomic E-state index is -1.59. The molecule has 6 unspecified atom stereocenters. The van der Waals surface area contributed by atoms with Gasteiger partial charge in [-0.3, -0.25) is 9.59 Å². The molecule has 1 aliphatic rings. The molecule has 0 radical (unpaired) electrons. The summed E-state index contributed by atoms with van der Waals surface area (Å²) >= 11 is 0. The summed E-state index contributed by atoms with van der Waals surface area (Å²) < 4.78 is 22.2. The van der Waals surface area contributed by atoms with Crippen molar-refractivity contribution in [1.29, 1.82) is 0 Å². The lowest BCUT2D eigenvalue weighted by Gasteiger charge is -2.39. The monoisotopic (exact) mass is 815 g/mol. The summed E-state index contributed by atoms with van der Waals surface area (Å²) in [5.41, 5.74) is 0. The van der Waals surface area contributed by atoms with Crippen molar-refractivity contribution < 1.29 is 49.0 Å². The van der Waals surface area contributed by atoms with E-state index < -0.39 is 49.4 Å². The van der Waals surface area contributed by atoms with Gasteiger partial charge in [-0.05, 0) is 12.8 Å². The zero-order chi connectivity index (χ0) is 41.6. The number of aliphatic hydroxyl groups is 4. The second-order valence-electron chi connectivity index (χ2n) is 16.9. The quantitative estimate of drug-likeness (QED) is 0.0347. The van der Waals surface area contributed by atoms with Gasteiger partial charge in [-0.1, -0.05) is 206 Å². The zero-order valence-electron chi connectivity index (χ0n) is 36.9. The van der Waals surface area contributed by atoms with Crippen molar-refractivity contribution in [3.05, 3.63) is 0 Å². The Morgan fingerprint density at radius 1 is 0.474 bits per heavy atom. The highest BCUT2D eigenvalue weighted by molar-refractivity contribution is 5.70. The van der Waals surface area contributed by atoms with E-state index >= 15 is 0 Å². The Morgan fingerprint density at radius 3 is 1.19 bits per heavy atom. The first-order chi connectivity index (χ1) is 27.8. The molecule has 1 fully saturated rings. The molecule has 0 amide bonds. The number of hydrogen-bond acceptors (Lipinski definition) is 10. The Morgan fingerprint density at radius 2 is 0.825 bits per heavy atom. The average Bonchev–Trinajstić information content (AvgIpc) is 3.21. The van der Waals surface area contributed by atoms with E-state index in [0.29, 0.717) is 6.42 Å². The molecule has 0 aliphatic carbocycles. The second-order valence-corrected chi connectivity index (χ2v) is 16.9. The van der Waals surface area contributed by atoms with Crippen LogP contribution in [0.1, 0.15) is 232 Å². The fraction of sp³-hybridized carbons (Fsp3) is 0.957. The number of carbonyl (C=O) groups is 2. The summed E-state index contributed by atoms with van der Waals surface area (Å²) in [5, 5.41) is 40.1. The van der Waals surface area contributed by atoms with Gasteiger partial charge < -0.3 is 39.4 Å². The second kappa shape index (κ2) is 38.9. The van der Waals surface area contributed by atoms with Crippen LogP contribution in [0.2, 0.25) is 0 Å². The predicted octanol–water partition coefficient (Wildman–Crippen LogP) is 10.6. The summed E-state index contributed by atoms with van der Waals surface area (Å²) in [6.45, 7) is 3.47. The molecule has 1 aliphatic heterocycles. The zero-order valence-corrected chi connectivity index (χ0v) is 36.9. The van der Waals surface area contributed by atoms with Gasteiger partial charge in [-0.15, -0.1) is 0 Å². The molecule has 0 aromatic rings. The van der Waals surface area contributed by atoms with Crippen LogP contribution in [0.25, 0.3) is 0 Å². The van der Waals surface area contributed by atoms with E-state index in [1.807, 2.05) is 0 Å². The van der Waals surface area contributed by atoms with E-state index in [2.05, 4.69) is 13.8 Å². The van der Waals surface area contributed by atoms with Crippen LogP contribution in [0.3, 0.4) is 0 Å². The van der Waals surface area contributed by atoms with Crippen molar-refractivity contribution in [1.82, 2.24) is 0 Å². The maximum absolute atomic E-state index is 12.8. The van der Waals surface area contributed by atoms with Crippen LogP contribution >= 0.6 is 0 Å². The predicted molar refractivity (Wildman–Crippen MR) is 229 cm³/mol. The van der Waals surface area contributed by atoms with Crippen LogP contribution in [0, 0.1) is 0 Å². The Kier molecular flexibility index (Phi) is 36.6. The van der Waals surface area contributed by atoms with Crippen molar-refractivity contribution in [2.45, 2.75) is 269 Å². The summed E-state index contributed by atoms with van der Waals surface area (Å²) in [6, 6.07) is 0. The highest BCUT2D eigenvalue weighted by Gasteiger charge is 2.44. The molecule has 1 saturated heterocycles. The minimum absolute atomic E-state index is 0.209. The van der Waals surface area contributed by atoms with Gasteiger partial charge in [0.2, 0.25) is 0 Å². The lowest BCUT2D eigenvalue weighted by Crippen LogP contribution is -2.59. The van der Waals surface area contributed by atoms with Gasteiger partial charge in [-0.2, -0.15) is 0 Å². The smallest absolute Gasteiger partial charge is 0.306 e. The van der Waals surface area contributed by atoms with Crippen molar-refractivity contribution in [3.63, 3.8) is 0 Å². The molecule has 0 spiro atoms. The minimum Gasteiger partial charge on any atom is -0.462 e. The number of hydrogen-bond donors (Lipinski definition) is 4. The molecule has 1 rings (SSSR count). The van der Waals surface area contributed by atoms with Crippen LogP contribution in [-0.4, -0.2) is 89.0 Å². The normalized spacial score (nSPS) is 20.1.